The second-order valence-electron chi connectivity index (χ2n) is 5.64. The van der Waals surface area contributed by atoms with Crippen molar-refractivity contribution in [3.05, 3.63) is 69.9 Å². The van der Waals surface area contributed by atoms with Crippen molar-refractivity contribution >= 4 is 11.7 Å². The molecule has 126 valence electrons. The molecule has 0 saturated heterocycles. The van der Waals surface area contributed by atoms with E-state index in [1.54, 1.807) is 37.5 Å². The van der Waals surface area contributed by atoms with Crippen molar-refractivity contribution in [3.63, 3.8) is 0 Å². The van der Waals surface area contributed by atoms with Gasteiger partial charge in [-0.1, -0.05) is 12.1 Å². The monoisotopic (exact) mass is 335 g/mol. The first-order valence-corrected chi connectivity index (χ1v) is 7.76. The molecule has 0 saturated carbocycles. The van der Waals surface area contributed by atoms with Gasteiger partial charge in [-0.3, -0.25) is 14.6 Å². The van der Waals surface area contributed by atoms with Crippen molar-refractivity contribution in [2.45, 2.75) is 20.3 Å². The number of anilines is 1. The van der Waals surface area contributed by atoms with Gasteiger partial charge < -0.3 is 10.3 Å². The van der Waals surface area contributed by atoms with Gasteiger partial charge >= 0.3 is 0 Å². The molecule has 25 heavy (non-hydrogen) atoms. The summed E-state index contributed by atoms with van der Waals surface area (Å²) in [4.78, 5) is 39.9. The second kappa shape index (κ2) is 7.04. The highest BCUT2D eigenvalue weighted by atomic mass is 16.2. The summed E-state index contributed by atoms with van der Waals surface area (Å²) in [5, 5.41) is 2.68. The van der Waals surface area contributed by atoms with E-state index < -0.39 is 0 Å². The van der Waals surface area contributed by atoms with E-state index in [4.69, 9.17) is 0 Å². The number of amides is 1. The average molecular weight is 335 g/mol. The molecule has 0 fully saturated rings. The summed E-state index contributed by atoms with van der Waals surface area (Å²) < 4.78 is 0. The fourth-order valence-electron chi connectivity index (χ4n) is 2.33. The predicted octanol–water partition coefficient (Wildman–Crippen LogP) is 2.02. The molecule has 0 unspecified atom stereocenters. The number of nitrogens with zero attached hydrogens (tertiary/aromatic N) is 3. The fourth-order valence-corrected chi connectivity index (χ4v) is 2.33. The van der Waals surface area contributed by atoms with Crippen molar-refractivity contribution in [1.82, 2.24) is 19.9 Å². The molecule has 7 heteroatoms. The van der Waals surface area contributed by atoms with Crippen LogP contribution in [0.3, 0.4) is 0 Å². The van der Waals surface area contributed by atoms with Gasteiger partial charge in [-0.15, -0.1) is 0 Å². The van der Waals surface area contributed by atoms with E-state index in [0.717, 1.165) is 5.56 Å². The Kier molecular flexibility index (Phi) is 4.65. The minimum absolute atomic E-state index is 0.0772. The molecule has 0 spiro atoms. The van der Waals surface area contributed by atoms with Gasteiger partial charge in [-0.25, -0.2) is 9.97 Å². The third-order valence-corrected chi connectivity index (χ3v) is 3.65. The van der Waals surface area contributed by atoms with Gasteiger partial charge in [0.25, 0.3) is 5.56 Å². The minimum atomic E-state index is -0.347. The molecule has 3 aromatic rings. The van der Waals surface area contributed by atoms with E-state index in [0.29, 0.717) is 28.6 Å². The number of H-pyrrole nitrogens is 1. The summed E-state index contributed by atoms with van der Waals surface area (Å²) in [6, 6.07) is 8.92. The quantitative estimate of drug-likeness (QED) is 0.760. The van der Waals surface area contributed by atoms with Crippen molar-refractivity contribution in [1.29, 1.82) is 0 Å². The van der Waals surface area contributed by atoms with Gasteiger partial charge in [-0.05, 0) is 37.6 Å². The highest BCUT2D eigenvalue weighted by molar-refractivity contribution is 5.91. The molecule has 3 aromatic heterocycles. The Morgan fingerprint density at radius 3 is 2.64 bits per heavy atom. The lowest BCUT2D eigenvalue weighted by Gasteiger charge is -2.08. The molecule has 0 radical (unpaired) electrons. The fraction of sp³-hybridized carbons (Fsp3) is 0.167. The zero-order chi connectivity index (χ0) is 17.8. The molecule has 1 amide bonds. The molecule has 7 nitrogen and oxygen atoms in total. The first-order valence-electron chi connectivity index (χ1n) is 7.76. The Morgan fingerprint density at radius 1 is 1.16 bits per heavy atom. The van der Waals surface area contributed by atoms with Crippen LogP contribution in [0.15, 0.2) is 47.5 Å². The van der Waals surface area contributed by atoms with Gasteiger partial charge in [0, 0.05) is 23.7 Å². The summed E-state index contributed by atoms with van der Waals surface area (Å²) in [5.41, 5.74) is 2.04. The number of carbonyl (C=O) groups excluding carboxylic acids is 1. The molecule has 0 aliphatic carbocycles. The summed E-state index contributed by atoms with van der Waals surface area (Å²) in [6.45, 7) is 3.62. The second-order valence-corrected chi connectivity index (χ2v) is 5.64. The number of carbonyl (C=O) groups is 1. The lowest BCUT2D eigenvalue weighted by Crippen LogP contribution is -2.24. The van der Waals surface area contributed by atoms with Gasteiger partial charge in [0.1, 0.15) is 11.5 Å². The zero-order valence-corrected chi connectivity index (χ0v) is 13.9. The van der Waals surface area contributed by atoms with Crippen molar-refractivity contribution < 1.29 is 4.79 Å². The third kappa shape index (κ3) is 3.95. The molecule has 0 bridgehead atoms. The van der Waals surface area contributed by atoms with Crippen LogP contribution in [-0.4, -0.2) is 25.8 Å². The normalized spacial score (nSPS) is 10.5. The average Bonchev–Trinajstić information content (AvgIpc) is 2.61. The highest BCUT2D eigenvalue weighted by Crippen LogP contribution is 2.11. The predicted molar refractivity (Wildman–Crippen MR) is 94.1 cm³/mol. The third-order valence-electron chi connectivity index (χ3n) is 3.65. The van der Waals surface area contributed by atoms with E-state index in [1.807, 2.05) is 19.1 Å². The van der Waals surface area contributed by atoms with Crippen molar-refractivity contribution in [2.24, 2.45) is 0 Å². The molecular formula is C18H17N5O2. The van der Waals surface area contributed by atoms with E-state index in [-0.39, 0.29) is 17.9 Å². The molecular weight excluding hydrogens is 318 g/mol. The Hall–Kier alpha value is -3.35. The molecule has 0 aromatic carbocycles. The van der Waals surface area contributed by atoms with Crippen LogP contribution in [-0.2, 0) is 11.2 Å². The van der Waals surface area contributed by atoms with Crippen LogP contribution < -0.4 is 10.9 Å². The Labute approximate surface area is 144 Å². The molecule has 2 N–H and O–H groups in total. The van der Waals surface area contributed by atoms with E-state index in [1.165, 1.54) is 0 Å². The number of aromatic amines is 1. The molecule has 3 heterocycles. The van der Waals surface area contributed by atoms with Gasteiger partial charge in [0.2, 0.25) is 5.91 Å². The standard InChI is InChI=1S/C18H17N5O2/c1-11-6-7-15(20-10-11)22-16(24)9-13-12(2)21-17(23-18(13)25)14-5-3-4-8-19-14/h3-8,10H,9H2,1-2H3,(H,20,22,24)(H,21,23,25). The van der Waals surface area contributed by atoms with E-state index in [9.17, 15) is 9.59 Å². The van der Waals surface area contributed by atoms with E-state index in [2.05, 4.69) is 25.3 Å². The first kappa shape index (κ1) is 16.5. The number of aromatic nitrogens is 4. The van der Waals surface area contributed by atoms with Crippen LogP contribution in [0.2, 0.25) is 0 Å². The summed E-state index contributed by atoms with van der Waals surface area (Å²) >= 11 is 0. The summed E-state index contributed by atoms with van der Waals surface area (Å²) in [6.07, 6.45) is 3.21. The van der Waals surface area contributed by atoms with Gasteiger partial charge in [0.15, 0.2) is 5.82 Å². The van der Waals surface area contributed by atoms with Crippen LogP contribution in [0.1, 0.15) is 16.8 Å². The lowest BCUT2D eigenvalue weighted by atomic mass is 10.1. The van der Waals surface area contributed by atoms with E-state index >= 15 is 0 Å². The van der Waals surface area contributed by atoms with Crippen molar-refractivity contribution in [3.8, 4) is 11.5 Å². The van der Waals surface area contributed by atoms with Crippen LogP contribution in [0.5, 0.6) is 0 Å². The Morgan fingerprint density at radius 2 is 2.00 bits per heavy atom. The molecule has 0 aliphatic heterocycles. The van der Waals surface area contributed by atoms with Crippen LogP contribution in [0.4, 0.5) is 5.82 Å². The lowest BCUT2D eigenvalue weighted by molar-refractivity contribution is -0.115. The highest BCUT2D eigenvalue weighted by Gasteiger charge is 2.14. The number of hydrogen-bond donors (Lipinski definition) is 2. The molecule has 0 atom stereocenters. The summed E-state index contributed by atoms with van der Waals surface area (Å²) in [7, 11) is 0. The number of pyridine rings is 2. The van der Waals surface area contributed by atoms with Gasteiger partial charge in [-0.2, -0.15) is 0 Å². The largest absolute Gasteiger partial charge is 0.310 e. The van der Waals surface area contributed by atoms with Gasteiger partial charge in [0.05, 0.1) is 6.42 Å². The first-order chi connectivity index (χ1) is 12.0. The number of hydrogen-bond acceptors (Lipinski definition) is 5. The maximum absolute atomic E-state index is 12.3. The minimum Gasteiger partial charge on any atom is -0.310 e. The molecule has 0 aliphatic rings. The topological polar surface area (TPSA) is 101 Å². The summed E-state index contributed by atoms with van der Waals surface area (Å²) in [5.74, 6) is 0.507. The maximum Gasteiger partial charge on any atom is 0.255 e. The van der Waals surface area contributed by atoms with Crippen LogP contribution >= 0.6 is 0 Å². The SMILES string of the molecule is Cc1ccc(NC(=O)Cc2c(C)nc(-c3ccccn3)[nH]c2=O)nc1. The number of aryl methyl sites for hydroxylation is 2. The smallest absolute Gasteiger partial charge is 0.255 e. The Balaban J connectivity index is 1.79. The number of rotatable bonds is 4. The van der Waals surface area contributed by atoms with Crippen LogP contribution in [0, 0.1) is 13.8 Å². The van der Waals surface area contributed by atoms with Crippen LogP contribution in [0.25, 0.3) is 11.5 Å². The zero-order valence-electron chi connectivity index (χ0n) is 13.9. The number of nitrogens with one attached hydrogen (secondary N) is 2. The maximum atomic E-state index is 12.3. The van der Waals surface area contributed by atoms with Crippen molar-refractivity contribution in [2.75, 3.05) is 5.32 Å². The Bertz CT molecular complexity index is 949. The molecule has 3 rings (SSSR count).